The molecule has 1 fully saturated rings. The molecule has 1 aliphatic carbocycles. The van der Waals surface area contributed by atoms with Crippen LogP contribution in [0.3, 0.4) is 0 Å². The number of methoxy groups -OCH3 is 1. The van der Waals surface area contributed by atoms with Gasteiger partial charge in [-0.15, -0.1) is 0 Å². The van der Waals surface area contributed by atoms with Crippen LogP contribution in [0.1, 0.15) is 31.2 Å². The van der Waals surface area contributed by atoms with Crippen molar-refractivity contribution in [2.75, 3.05) is 7.11 Å². The summed E-state index contributed by atoms with van der Waals surface area (Å²) in [6.07, 6.45) is 3.08. The number of halogens is 1. The highest BCUT2D eigenvalue weighted by Gasteiger charge is 2.38. The van der Waals surface area contributed by atoms with Gasteiger partial charge in [-0.05, 0) is 43.4 Å². The van der Waals surface area contributed by atoms with Crippen LogP contribution in [0.4, 0.5) is 4.39 Å². The van der Waals surface area contributed by atoms with E-state index in [0.29, 0.717) is 19.3 Å². The summed E-state index contributed by atoms with van der Waals surface area (Å²) >= 11 is 0. The van der Waals surface area contributed by atoms with Crippen LogP contribution in [0.2, 0.25) is 0 Å². The van der Waals surface area contributed by atoms with Crippen LogP contribution in [0.5, 0.6) is 5.75 Å². The summed E-state index contributed by atoms with van der Waals surface area (Å²) in [6, 6.07) is 6.81. The Hall–Kier alpha value is -2.09. The third-order valence-electron chi connectivity index (χ3n) is 3.66. The third kappa shape index (κ3) is 3.08. The number of benzene rings is 1. The summed E-state index contributed by atoms with van der Waals surface area (Å²) in [7, 11) is 1.41. The van der Waals surface area contributed by atoms with E-state index < -0.39 is 11.4 Å². The van der Waals surface area contributed by atoms with Gasteiger partial charge in [0.05, 0.1) is 13.2 Å². The molecule has 1 saturated carbocycles. The summed E-state index contributed by atoms with van der Waals surface area (Å²) in [5, 5.41) is 11.8. The molecule has 0 radical (unpaired) electrons. The zero-order valence-electron chi connectivity index (χ0n) is 11.4. The maximum atomic E-state index is 13.5. The molecule has 0 bridgehead atoms. The molecule has 1 N–H and O–H groups in total. The molecule has 0 aliphatic heterocycles. The van der Waals surface area contributed by atoms with E-state index in [9.17, 15) is 9.18 Å². The second-order valence-electron chi connectivity index (χ2n) is 5.06. The van der Waals surface area contributed by atoms with Gasteiger partial charge in [0.1, 0.15) is 5.54 Å². The smallest absolute Gasteiger partial charge is 0.221 e. The molecule has 0 saturated heterocycles. The molecule has 106 valence electrons. The van der Waals surface area contributed by atoms with E-state index in [2.05, 4.69) is 11.4 Å². The Morgan fingerprint density at radius 2 is 2.30 bits per heavy atom. The van der Waals surface area contributed by atoms with Gasteiger partial charge < -0.3 is 10.1 Å². The van der Waals surface area contributed by atoms with E-state index in [1.165, 1.54) is 13.2 Å². The van der Waals surface area contributed by atoms with Gasteiger partial charge in [-0.2, -0.15) is 5.26 Å². The number of hydrogen-bond acceptors (Lipinski definition) is 3. The Balaban J connectivity index is 1.87. The van der Waals surface area contributed by atoms with Crippen molar-refractivity contribution in [3.8, 4) is 11.8 Å². The molecule has 2 rings (SSSR count). The van der Waals surface area contributed by atoms with Crippen molar-refractivity contribution in [1.29, 1.82) is 5.26 Å². The van der Waals surface area contributed by atoms with Crippen molar-refractivity contribution in [2.24, 2.45) is 0 Å². The molecule has 0 atom stereocenters. The second kappa shape index (κ2) is 5.91. The van der Waals surface area contributed by atoms with E-state index in [-0.39, 0.29) is 18.1 Å². The first-order chi connectivity index (χ1) is 9.58. The third-order valence-corrected chi connectivity index (χ3v) is 3.66. The van der Waals surface area contributed by atoms with E-state index in [4.69, 9.17) is 10.00 Å². The van der Waals surface area contributed by atoms with Crippen LogP contribution in [0.25, 0.3) is 0 Å². The van der Waals surface area contributed by atoms with Gasteiger partial charge in [-0.1, -0.05) is 6.07 Å². The van der Waals surface area contributed by atoms with Crippen LogP contribution >= 0.6 is 0 Å². The molecule has 1 aromatic rings. The number of nitriles is 1. The normalized spacial score (nSPS) is 15.8. The van der Waals surface area contributed by atoms with Gasteiger partial charge in [-0.25, -0.2) is 4.39 Å². The molecule has 1 aliphatic rings. The molecule has 1 amide bonds. The van der Waals surface area contributed by atoms with Crippen molar-refractivity contribution in [3.05, 3.63) is 29.6 Å². The van der Waals surface area contributed by atoms with Gasteiger partial charge in [0.25, 0.3) is 0 Å². The van der Waals surface area contributed by atoms with Gasteiger partial charge in [0.15, 0.2) is 11.6 Å². The van der Waals surface area contributed by atoms with E-state index >= 15 is 0 Å². The molecule has 0 unspecified atom stereocenters. The fourth-order valence-corrected chi connectivity index (χ4v) is 2.25. The predicted molar refractivity (Wildman–Crippen MR) is 71.6 cm³/mol. The van der Waals surface area contributed by atoms with E-state index in [0.717, 1.165) is 12.0 Å². The first-order valence-corrected chi connectivity index (χ1v) is 6.63. The number of carbonyl (C=O) groups excluding carboxylic acids is 1. The summed E-state index contributed by atoms with van der Waals surface area (Å²) in [5.74, 6) is -0.406. The lowest BCUT2D eigenvalue weighted by molar-refractivity contribution is -0.123. The number of hydrogen-bond donors (Lipinski definition) is 1. The van der Waals surface area contributed by atoms with Gasteiger partial charge in [-0.3, -0.25) is 4.79 Å². The molecule has 5 heteroatoms. The lowest BCUT2D eigenvalue weighted by Crippen LogP contribution is -2.52. The van der Waals surface area contributed by atoms with Crippen LogP contribution in [-0.2, 0) is 11.2 Å². The highest BCUT2D eigenvalue weighted by atomic mass is 19.1. The quantitative estimate of drug-likeness (QED) is 0.897. The van der Waals surface area contributed by atoms with Crippen LogP contribution in [-0.4, -0.2) is 18.6 Å². The predicted octanol–water partition coefficient (Wildman–Crippen LogP) is 2.33. The molecule has 0 spiro atoms. The fraction of sp³-hybridized carbons (Fsp3) is 0.467. The Morgan fingerprint density at radius 1 is 1.55 bits per heavy atom. The van der Waals surface area contributed by atoms with Crippen LogP contribution < -0.4 is 10.1 Å². The molecular formula is C15H17FN2O2. The summed E-state index contributed by atoms with van der Waals surface area (Å²) in [4.78, 5) is 11.8. The fourth-order valence-electron chi connectivity index (χ4n) is 2.25. The largest absolute Gasteiger partial charge is 0.494 e. The van der Waals surface area contributed by atoms with E-state index in [1.54, 1.807) is 12.1 Å². The second-order valence-corrected chi connectivity index (χ2v) is 5.06. The van der Waals surface area contributed by atoms with E-state index in [1.807, 2.05) is 0 Å². The number of ether oxygens (including phenoxy) is 1. The first-order valence-electron chi connectivity index (χ1n) is 6.63. The maximum absolute atomic E-state index is 13.5. The van der Waals surface area contributed by atoms with Crippen molar-refractivity contribution in [3.63, 3.8) is 0 Å². The highest BCUT2D eigenvalue weighted by Crippen LogP contribution is 2.31. The van der Waals surface area contributed by atoms with Crippen LogP contribution in [0, 0.1) is 17.1 Å². The van der Waals surface area contributed by atoms with Crippen molar-refractivity contribution in [2.45, 2.75) is 37.6 Å². The molecule has 0 heterocycles. The van der Waals surface area contributed by atoms with Gasteiger partial charge in [0.2, 0.25) is 5.91 Å². The summed E-state index contributed by atoms with van der Waals surface area (Å²) < 4.78 is 18.3. The number of rotatable bonds is 5. The lowest BCUT2D eigenvalue weighted by atomic mass is 9.78. The minimum absolute atomic E-state index is 0.164. The number of amides is 1. The number of nitrogens with zero attached hydrogens (tertiary/aromatic N) is 1. The molecular weight excluding hydrogens is 259 g/mol. The lowest BCUT2D eigenvalue weighted by Gasteiger charge is -2.35. The zero-order chi connectivity index (χ0) is 14.6. The van der Waals surface area contributed by atoms with Crippen molar-refractivity contribution >= 4 is 5.91 Å². The molecule has 4 nitrogen and oxygen atoms in total. The summed E-state index contributed by atoms with van der Waals surface area (Å²) in [6.45, 7) is 0. The number of nitrogens with one attached hydrogen (secondary N) is 1. The topological polar surface area (TPSA) is 62.1 Å². The molecule has 0 aromatic heterocycles. The SMILES string of the molecule is COc1ccc(CCC(=O)NC2(C#N)CCC2)cc1F. The Bertz CT molecular complexity index is 547. The summed E-state index contributed by atoms with van der Waals surface area (Å²) in [5.41, 5.74) is 0.0699. The van der Waals surface area contributed by atoms with Crippen molar-refractivity contribution in [1.82, 2.24) is 5.32 Å². The molecule has 20 heavy (non-hydrogen) atoms. The number of carbonyl (C=O) groups is 1. The monoisotopic (exact) mass is 276 g/mol. The molecule has 1 aromatic carbocycles. The zero-order valence-corrected chi connectivity index (χ0v) is 11.4. The van der Waals surface area contributed by atoms with Gasteiger partial charge >= 0.3 is 0 Å². The Kier molecular flexibility index (Phi) is 4.23. The Morgan fingerprint density at radius 3 is 2.80 bits per heavy atom. The van der Waals surface area contributed by atoms with Gasteiger partial charge in [0, 0.05) is 6.42 Å². The van der Waals surface area contributed by atoms with Crippen LogP contribution in [0.15, 0.2) is 18.2 Å². The maximum Gasteiger partial charge on any atom is 0.221 e. The minimum Gasteiger partial charge on any atom is -0.494 e. The first kappa shape index (κ1) is 14.3. The van der Waals surface area contributed by atoms with Crippen molar-refractivity contribution < 1.29 is 13.9 Å². The average Bonchev–Trinajstić information content (AvgIpc) is 2.41. The highest BCUT2D eigenvalue weighted by molar-refractivity contribution is 5.77. The standard InChI is InChI=1S/C15H17FN2O2/c1-20-13-5-3-11(9-12(13)16)4-6-14(19)18-15(10-17)7-2-8-15/h3,5,9H,2,4,6-8H2,1H3,(H,18,19). The Labute approximate surface area is 117 Å². The minimum atomic E-state index is -0.664. The number of aryl methyl sites for hydroxylation is 1. The average molecular weight is 276 g/mol.